The van der Waals surface area contributed by atoms with Gasteiger partial charge < -0.3 is 10.4 Å². The topological polar surface area (TPSA) is 49.3 Å². The minimum Gasteiger partial charge on any atom is -0.390 e. The Morgan fingerprint density at radius 2 is 1.67 bits per heavy atom. The molecule has 0 aromatic heterocycles. The summed E-state index contributed by atoms with van der Waals surface area (Å²) in [6.45, 7) is 8.07. The van der Waals surface area contributed by atoms with E-state index in [0.29, 0.717) is 6.42 Å². The first kappa shape index (κ1) is 12.2. The summed E-state index contributed by atoms with van der Waals surface area (Å²) in [7, 11) is 0. The Morgan fingerprint density at radius 1 is 1.11 bits per heavy atom. The summed E-state index contributed by atoms with van der Waals surface area (Å²) in [6.07, 6.45) is 7.00. The maximum atomic E-state index is 11.7. The van der Waals surface area contributed by atoms with Crippen LogP contribution in [0.1, 0.15) is 52.4 Å². The summed E-state index contributed by atoms with van der Waals surface area (Å²) in [5.41, 5.74) is -0.440. The van der Waals surface area contributed by atoms with Crippen LogP contribution in [0.3, 0.4) is 0 Å². The number of carbonyl (C=O) groups excluding carboxylic acids is 1. The number of carbonyl (C=O) groups is 1. The van der Waals surface area contributed by atoms with Crippen molar-refractivity contribution < 1.29 is 9.90 Å². The Balaban J connectivity index is 1.98. The van der Waals surface area contributed by atoms with Crippen molar-refractivity contribution in [3.05, 3.63) is 12.7 Å². The fourth-order valence-corrected chi connectivity index (χ4v) is 6.08. The smallest absolute Gasteiger partial charge is 0.243 e. The molecular weight excluding hydrogens is 226 g/mol. The maximum absolute atomic E-state index is 11.7. The molecule has 1 amide bonds. The molecule has 0 saturated heterocycles. The highest BCUT2D eigenvalue weighted by molar-refractivity contribution is 5.87. The van der Waals surface area contributed by atoms with Gasteiger partial charge in [0.05, 0.1) is 5.60 Å². The summed E-state index contributed by atoms with van der Waals surface area (Å²) in [5.74, 6) is -0.104. The monoisotopic (exact) mass is 249 g/mol. The fourth-order valence-electron chi connectivity index (χ4n) is 6.08. The zero-order valence-electron chi connectivity index (χ0n) is 11.4. The van der Waals surface area contributed by atoms with Crippen LogP contribution < -0.4 is 5.32 Å². The number of hydrogen-bond acceptors (Lipinski definition) is 2. The van der Waals surface area contributed by atoms with Gasteiger partial charge in [-0.25, -0.2) is 0 Å². The van der Waals surface area contributed by atoms with Gasteiger partial charge in [-0.1, -0.05) is 20.4 Å². The average molecular weight is 249 g/mol. The maximum Gasteiger partial charge on any atom is 0.243 e. The van der Waals surface area contributed by atoms with E-state index < -0.39 is 5.60 Å². The second-order valence-electron chi connectivity index (χ2n) is 7.88. The zero-order valence-corrected chi connectivity index (χ0v) is 11.4. The number of nitrogens with one attached hydrogen (secondary N) is 1. The molecule has 18 heavy (non-hydrogen) atoms. The molecule has 4 aliphatic carbocycles. The predicted molar refractivity (Wildman–Crippen MR) is 69.9 cm³/mol. The van der Waals surface area contributed by atoms with Crippen LogP contribution in [0.25, 0.3) is 0 Å². The highest BCUT2D eigenvalue weighted by atomic mass is 16.3. The van der Waals surface area contributed by atoms with Gasteiger partial charge in [-0.3, -0.25) is 4.79 Å². The molecule has 0 spiro atoms. The molecule has 3 heteroatoms. The average Bonchev–Trinajstić information content (AvgIpc) is 2.08. The van der Waals surface area contributed by atoms with Gasteiger partial charge in [-0.05, 0) is 55.4 Å². The van der Waals surface area contributed by atoms with Gasteiger partial charge in [-0.15, -0.1) is 0 Å². The zero-order chi connectivity index (χ0) is 13.2. The highest BCUT2D eigenvalue weighted by Gasteiger charge is 2.65. The van der Waals surface area contributed by atoms with Crippen molar-refractivity contribution in [2.45, 2.75) is 63.5 Å². The number of amides is 1. The minimum atomic E-state index is -0.577. The van der Waals surface area contributed by atoms with Crippen molar-refractivity contribution >= 4 is 5.91 Å². The van der Waals surface area contributed by atoms with Crippen molar-refractivity contribution in [1.29, 1.82) is 0 Å². The molecule has 4 bridgehead atoms. The van der Waals surface area contributed by atoms with E-state index in [-0.39, 0.29) is 22.3 Å². The number of hydrogen-bond donors (Lipinski definition) is 2. The lowest BCUT2D eigenvalue weighted by Gasteiger charge is -2.68. The number of rotatable bonds is 2. The summed E-state index contributed by atoms with van der Waals surface area (Å²) in [5, 5.41) is 13.9. The molecular formula is C15H23NO2. The van der Waals surface area contributed by atoms with E-state index in [1.54, 1.807) is 0 Å². The Morgan fingerprint density at radius 3 is 2.11 bits per heavy atom. The molecule has 100 valence electrons. The molecule has 2 unspecified atom stereocenters. The Bertz CT molecular complexity index is 375. The van der Waals surface area contributed by atoms with Crippen molar-refractivity contribution in [1.82, 2.24) is 5.32 Å². The molecule has 0 heterocycles. The second kappa shape index (κ2) is 3.19. The summed E-state index contributed by atoms with van der Waals surface area (Å²) >= 11 is 0. The van der Waals surface area contributed by atoms with E-state index in [9.17, 15) is 9.90 Å². The molecule has 4 aliphatic rings. The third-order valence-electron chi connectivity index (χ3n) is 5.14. The van der Waals surface area contributed by atoms with E-state index in [1.807, 2.05) is 0 Å². The predicted octanol–water partition coefficient (Wildman–Crippen LogP) is 2.15. The molecule has 3 nitrogen and oxygen atoms in total. The van der Waals surface area contributed by atoms with Crippen molar-refractivity contribution in [2.24, 2.45) is 10.8 Å². The Kier molecular flexibility index (Phi) is 2.16. The van der Waals surface area contributed by atoms with Gasteiger partial charge in [-0.2, -0.15) is 0 Å². The molecule has 0 aromatic carbocycles. The fraction of sp³-hybridized carbons (Fsp3) is 0.800. The Labute approximate surface area is 109 Å². The standard InChI is InChI=1S/C15H23NO2/c1-4-11(17)16-14-6-12(2)5-13(3,7-14)9-15(18,8-12)10-14/h4,18H,1,5-10H2,2-3H3,(H,16,17). The van der Waals surface area contributed by atoms with Crippen molar-refractivity contribution in [3.8, 4) is 0 Å². The third kappa shape index (κ3) is 1.71. The lowest BCUT2D eigenvalue weighted by atomic mass is 9.41. The van der Waals surface area contributed by atoms with Crippen LogP contribution in [-0.2, 0) is 4.79 Å². The summed E-state index contributed by atoms with van der Waals surface area (Å²) in [6, 6.07) is 0. The molecule has 4 rings (SSSR count). The quantitative estimate of drug-likeness (QED) is 0.737. The lowest BCUT2D eigenvalue weighted by molar-refractivity contribution is -0.204. The molecule has 0 aromatic rings. The lowest BCUT2D eigenvalue weighted by Crippen LogP contribution is -2.70. The molecule has 0 aliphatic heterocycles. The first-order valence-electron chi connectivity index (χ1n) is 6.87. The van der Waals surface area contributed by atoms with Crippen LogP contribution in [0.15, 0.2) is 12.7 Å². The molecule has 2 atom stereocenters. The SMILES string of the molecule is C=CC(=O)NC12CC3(C)CC(C)(CC(O)(C3)C1)C2. The van der Waals surface area contributed by atoms with Crippen LogP contribution >= 0.6 is 0 Å². The second-order valence-corrected chi connectivity index (χ2v) is 7.88. The molecule has 2 N–H and O–H groups in total. The molecule has 4 fully saturated rings. The van der Waals surface area contributed by atoms with E-state index in [4.69, 9.17) is 0 Å². The van der Waals surface area contributed by atoms with Gasteiger partial charge >= 0.3 is 0 Å². The van der Waals surface area contributed by atoms with E-state index in [2.05, 4.69) is 25.7 Å². The van der Waals surface area contributed by atoms with Gasteiger partial charge in [0.15, 0.2) is 0 Å². The van der Waals surface area contributed by atoms with Crippen LogP contribution in [0, 0.1) is 10.8 Å². The van der Waals surface area contributed by atoms with E-state index in [0.717, 1.165) is 25.7 Å². The van der Waals surface area contributed by atoms with Crippen molar-refractivity contribution in [2.75, 3.05) is 0 Å². The largest absolute Gasteiger partial charge is 0.390 e. The van der Waals surface area contributed by atoms with Crippen LogP contribution in [0.4, 0.5) is 0 Å². The van der Waals surface area contributed by atoms with Crippen LogP contribution in [-0.4, -0.2) is 22.2 Å². The third-order valence-corrected chi connectivity index (χ3v) is 5.14. The van der Waals surface area contributed by atoms with E-state index >= 15 is 0 Å². The number of aliphatic hydroxyl groups is 1. The van der Waals surface area contributed by atoms with Gasteiger partial charge in [0.1, 0.15) is 0 Å². The normalized spacial score (nSPS) is 53.3. The van der Waals surface area contributed by atoms with E-state index in [1.165, 1.54) is 12.5 Å². The first-order chi connectivity index (χ1) is 8.20. The van der Waals surface area contributed by atoms with Crippen molar-refractivity contribution in [3.63, 3.8) is 0 Å². The first-order valence-corrected chi connectivity index (χ1v) is 6.87. The minimum absolute atomic E-state index is 0.104. The molecule has 4 saturated carbocycles. The van der Waals surface area contributed by atoms with Gasteiger partial charge in [0, 0.05) is 5.54 Å². The highest BCUT2D eigenvalue weighted by Crippen LogP contribution is 2.67. The summed E-state index contributed by atoms with van der Waals surface area (Å²) < 4.78 is 0. The molecule has 0 radical (unpaired) electrons. The van der Waals surface area contributed by atoms with Crippen LogP contribution in [0.5, 0.6) is 0 Å². The van der Waals surface area contributed by atoms with Crippen LogP contribution in [0.2, 0.25) is 0 Å². The Hall–Kier alpha value is -0.830. The summed E-state index contributed by atoms with van der Waals surface area (Å²) in [4.78, 5) is 11.7. The van der Waals surface area contributed by atoms with Gasteiger partial charge in [0.2, 0.25) is 5.91 Å². The van der Waals surface area contributed by atoms with Gasteiger partial charge in [0.25, 0.3) is 0 Å².